The van der Waals surface area contributed by atoms with E-state index in [-0.39, 0.29) is 17.4 Å². The van der Waals surface area contributed by atoms with Crippen LogP contribution in [0.5, 0.6) is 0 Å². The minimum absolute atomic E-state index is 0.0269. The van der Waals surface area contributed by atoms with Gasteiger partial charge in [-0.15, -0.1) is 0 Å². The monoisotopic (exact) mass is 326 g/mol. The number of ketones is 1. The van der Waals surface area contributed by atoms with Crippen LogP contribution in [0.4, 0.5) is 5.69 Å². The predicted octanol–water partition coefficient (Wildman–Crippen LogP) is 2.92. The summed E-state index contributed by atoms with van der Waals surface area (Å²) in [5.41, 5.74) is 2.42. The van der Waals surface area contributed by atoms with Crippen LogP contribution < -0.4 is 5.32 Å². The van der Waals surface area contributed by atoms with Crippen molar-refractivity contribution in [2.45, 2.75) is 38.3 Å². The molecule has 0 bridgehead atoms. The second kappa shape index (κ2) is 4.85. The van der Waals surface area contributed by atoms with E-state index in [4.69, 9.17) is 14.5 Å². The highest BCUT2D eigenvalue weighted by molar-refractivity contribution is 6.16. The van der Waals surface area contributed by atoms with Gasteiger partial charge in [-0.2, -0.15) is 0 Å². The summed E-state index contributed by atoms with van der Waals surface area (Å²) in [6.45, 7) is 4.26. The Bertz CT molecular complexity index is 794. The van der Waals surface area contributed by atoms with E-state index >= 15 is 0 Å². The molecule has 5 nitrogen and oxygen atoms in total. The third-order valence-electron chi connectivity index (χ3n) is 5.32. The topological polar surface area (TPSA) is 59.9 Å². The Morgan fingerprint density at radius 1 is 1.21 bits per heavy atom. The Labute approximate surface area is 141 Å². The van der Waals surface area contributed by atoms with Gasteiger partial charge in [0.1, 0.15) is 0 Å². The quantitative estimate of drug-likeness (QED) is 0.908. The lowest BCUT2D eigenvalue weighted by atomic mass is 9.62. The number of carbonyl (C=O) groups excluding carboxylic acids is 1. The normalized spacial score (nSPS) is 29.9. The zero-order valence-electron chi connectivity index (χ0n) is 14.5. The van der Waals surface area contributed by atoms with E-state index in [1.54, 1.807) is 7.11 Å². The van der Waals surface area contributed by atoms with Crippen LogP contribution in [0.2, 0.25) is 0 Å². The van der Waals surface area contributed by atoms with E-state index in [0.29, 0.717) is 17.9 Å². The summed E-state index contributed by atoms with van der Waals surface area (Å²) in [5.74, 6) is 0.916. The maximum absolute atomic E-state index is 12.6. The second-order valence-electron chi connectivity index (χ2n) is 7.36. The number of fused-ring (bicyclic) bond motifs is 2. The minimum atomic E-state index is -0.466. The van der Waals surface area contributed by atoms with Crippen molar-refractivity contribution in [2.24, 2.45) is 10.4 Å². The average Bonchev–Trinajstić information content (AvgIpc) is 2.84. The maximum atomic E-state index is 12.6. The number of allylic oxidation sites excluding steroid dienone is 1. The van der Waals surface area contributed by atoms with Crippen LogP contribution in [0.1, 0.15) is 32.3 Å². The fourth-order valence-electron chi connectivity index (χ4n) is 4.58. The highest BCUT2D eigenvalue weighted by Crippen LogP contribution is 2.56. The third kappa shape index (κ3) is 1.81. The van der Waals surface area contributed by atoms with Gasteiger partial charge in [0, 0.05) is 17.7 Å². The lowest BCUT2D eigenvalue weighted by Crippen LogP contribution is -2.55. The van der Waals surface area contributed by atoms with Gasteiger partial charge < -0.3 is 14.8 Å². The van der Waals surface area contributed by atoms with Crippen LogP contribution in [0.25, 0.3) is 0 Å². The zero-order chi connectivity index (χ0) is 17.1. The Hall–Kier alpha value is -2.30. The summed E-state index contributed by atoms with van der Waals surface area (Å²) in [6, 6.07) is 8.06. The van der Waals surface area contributed by atoms with Crippen LogP contribution in [0.15, 0.2) is 40.8 Å². The number of aliphatic imine (C=N–C) groups is 1. The Balaban J connectivity index is 2.03. The molecule has 0 radical (unpaired) electrons. The summed E-state index contributed by atoms with van der Waals surface area (Å²) >= 11 is 0. The van der Waals surface area contributed by atoms with Crippen molar-refractivity contribution < 1.29 is 14.3 Å². The largest absolute Gasteiger partial charge is 0.496 e. The molecular formula is C19H22N2O3. The number of hydrogen-bond acceptors (Lipinski definition) is 5. The molecule has 1 aliphatic carbocycles. The number of methoxy groups -OCH3 is 2. The fourth-order valence-corrected chi connectivity index (χ4v) is 4.58. The first kappa shape index (κ1) is 15.2. The van der Waals surface area contributed by atoms with Crippen molar-refractivity contribution >= 4 is 17.2 Å². The molecule has 1 aromatic rings. The zero-order valence-corrected chi connectivity index (χ0v) is 14.5. The predicted molar refractivity (Wildman–Crippen MR) is 92.2 cm³/mol. The molecule has 3 aliphatic rings. The first-order chi connectivity index (χ1) is 11.4. The van der Waals surface area contributed by atoms with Gasteiger partial charge in [0.05, 0.1) is 36.9 Å². The Kier molecular flexibility index (Phi) is 3.08. The number of nitrogens with zero attached hydrogens (tertiary/aromatic N) is 1. The van der Waals surface area contributed by atoms with Gasteiger partial charge in [0.2, 0.25) is 11.5 Å². The van der Waals surface area contributed by atoms with E-state index in [0.717, 1.165) is 23.4 Å². The molecule has 2 heterocycles. The molecule has 0 saturated heterocycles. The molecule has 2 atom stereocenters. The first-order valence-electron chi connectivity index (χ1n) is 8.25. The Morgan fingerprint density at radius 2 is 1.96 bits per heavy atom. The molecule has 4 rings (SSSR count). The number of nitrogens with one attached hydrogen (secondary N) is 1. The number of para-hydroxylation sites is 1. The van der Waals surface area contributed by atoms with Crippen LogP contribution in [-0.2, 0) is 14.3 Å². The summed E-state index contributed by atoms with van der Waals surface area (Å²) in [7, 11) is 3.15. The number of Topliss-reactive ketones (excluding diaryl/α,β-unsaturated/α-hetero) is 1. The van der Waals surface area contributed by atoms with Gasteiger partial charge in [-0.25, -0.2) is 0 Å². The fraction of sp³-hybridized carbons (Fsp3) is 0.474. The van der Waals surface area contributed by atoms with Gasteiger partial charge >= 0.3 is 0 Å². The van der Waals surface area contributed by atoms with Crippen LogP contribution >= 0.6 is 0 Å². The first-order valence-corrected chi connectivity index (χ1v) is 8.25. The van der Waals surface area contributed by atoms with E-state index in [9.17, 15) is 4.79 Å². The smallest absolute Gasteiger partial charge is 0.203 e. The van der Waals surface area contributed by atoms with Crippen LogP contribution in [-0.4, -0.2) is 37.3 Å². The molecule has 0 fully saturated rings. The van der Waals surface area contributed by atoms with Gasteiger partial charge in [-0.05, 0) is 26.3 Å². The van der Waals surface area contributed by atoms with Crippen molar-refractivity contribution in [3.8, 4) is 0 Å². The molecule has 1 aromatic carbocycles. The molecule has 0 saturated carbocycles. The lowest BCUT2D eigenvalue weighted by molar-refractivity contribution is -0.121. The summed E-state index contributed by atoms with van der Waals surface area (Å²) in [5, 5.41) is 3.57. The maximum Gasteiger partial charge on any atom is 0.203 e. The van der Waals surface area contributed by atoms with Gasteiger partial charge in [-0.1, -0.05) is 18.2 Å². The number of ether oxygens (including phenoxy) is 2. The number of carbonyl (C=O) groups is 1. The molecule has 1 spiro atoms. The van der Waals surface area contributed by atoms with Gasteiger partial charge in [-0.3, -0.25) is 9.79 Å². The summed E-state index contributed by atoms with van der Waals surface area (Å²) in [4.78, 5) is 17.6. The molecule has 5 heteroatoms. The highest BCUT2D eigenvalue weighted by Gasteiger charge is 2.61. The molecule has 24 heavy (non-hydrogen) atoms. The number of anilines is 1. The molecule has 126 valence electrons. The SMILES string of the molecule is COC1=C(OC)[C@]23CC(C)(C)N=C2c2ccccc2N[C@@H]3CC1=O. The second-order valence-corrected chi connectivity index (χ2v) is 7.36. The van der Waals surface area contributed by atoms with E-state index in [1.165, 1.54) is 7.11 Å². The molecular weight excluding hydrogens is 304 g/mol. The van der Waals surface area contributed by atoms with Crippen molar-refractivity contribution in [3.05, 3.63) is 41.3 Å². The van der Waals surface area contributed by atoms with Gasteiger partial charge in [0.15, 0.2) is 5.76 Å². The standard InChI is InChI=1S/C19H22N2O3/c1-18(2)10-19-14(9-13(22)15(23-3)17(19)24-4)20-12-8-6-5-7-11(12)16(19)21-18/h5-8,14,20H,9-10H2,1-4H3/t14-,19+/m1/s1. The third-order valence-corrected chi connectivity index (χ3v) is 5.32. The average molecular weight is 326 g/mol. The van der Waals surface area contributed by atoms with Gasteiger partial charge in [0.25, 0.3) is 0 Å². The van der Waals surface area contributed by atoms with Crippen molar-refractivity contribution in [1.29, 1.82) is 0 Å². The number of rotatable bonds is 2. The summed E-state index contributed by atoms with van der Waals surface area (Å²) < 4.78 is 11.2. The van der Waals surface area contributed by atoms with Crippen molar-refractivity contribution in [3.63, 3.8) is 0 Å². The molecule has 0 amide bonds. The van der Waals surface area contributed by atoms with E-state index < -0.39 is 5.41 Å². The van der Waals surface area contributed by atoms with E-state index in [1.807, 2.05) is 18.2 Å². The molecule has 1 N–H and O–H groups in total. The molecule has 2 aliphatic heterocycles. The van der Waals surface area contributed by atoms with Crippen molar-refractivity contribution in [1.82, 2.24) is 0 Å². The van der Waals surface area contributed by atoms with E-state index in [2.05, 4.69) is 25.2 Å². The lowest BCUT2D eigenvalue weighted by Gasteiger charge is -2.47. The summed E-state index contributed by atoms with van der Waals surface area (Å²) in [6.07, 6.45) is 1.16. The minimum Gasteiger partial charge on any atom is -0.496 e. The van der Waals surface area contributed by atoms with Crippen LogP contribution in [0.3, 0.4) is 0 Å². The number of hydrogen-bond donors (Lipinski definition) is 1. The molecule has 0 unspecified atom stereocenters. The highest BCUT2D eigenvalue weighted by atomic mass is 16.5. The van der Waals surface area contributed by atoms with Crippen molar-refractivity contribution in [2.75, 3.05) is 19.5 Å². The molecule has 0 aromatic heterocycles. The van der Waals surface area contributed by atoms with Crippen LogP contribution in [0, 0.1) is 5.41 Å². The number of benzene rings is 1. The Morgan fingerprint density at radius 3 is 2.67 bits per heavy atom.